The van der Waals surface area contributed by atoms with Gasteiger partial charge < -0.3 is 14.9 Å². The molecule has 2 aliphatic heterocycles. The quantitative estimate of drug-likeness (QED) is 0.820. The van der Waals surface area contributed by atoms with Crippen molar-refractivity contribution in [2.75, 3.05) is 24.5 Å². The summed E-state index contributed by atoms with van der Waals surface area (Å²) < 4.78 is 0. The fourth-order valence-corrected chi connectivity index (χ4v) is 3.17. The van der Waals surface area contributed by atoms with Gasteiger partial charge in [0.05, 0.1) is 17.9 Å². The van der Waals surface area contributed by atoms with Gasteiger partial charge in [-0.1, -0.05) is 0 Å². The average Bonchev–Trinajstić information content (AvgIpc) is 2.83. The van der Waals surface area contributed by atoms with Crippen LogP contribution in [0.25, 0.3) is 0 Å². The second kappa shape index (κ2) is 4.48. The van der Waals surface area contributed by atoms with E-state index in [1.165, 1.54) is 0 Å². The minimum atomic E-state index is -0.780. The number of carbonyl (C=O) groups is 1. The van der Waals surface area contributed by atoms with Crippen molar-refractivity contribution >= 4 is 11.8 Å². The maximum absolute atomic E-state index is 11.2. The van der Waals surface area contributed by atoms with Crippen LogP contribution in [-0.2, 0) is 0 Å². The average molecular weight is 247 g/mol. The third-order valence-corrected chi connectivity index (χ3v) is 4.04. The zero-order valence-electron chi connectivity index (χ0n) is 10.2. The van der Waals surface area contributed by atoms with E-state index in [-0.39, 0.29) is 6.04 Å². The summed E-state index contributed by atoms with van der Waals surface area (Å²) in [5, 5.41) is 9.24. The first-order chi connectivity index (χ1) is 8.75. The summed E-state index contributed by atoms with van der Waals surface area (Å²) in [6.45, 7) is 2.42. The largest absolute Gasteiger partial charge is 0.465 e. The number of nitrogens with zero attached hydrogens (tertiary/aromatic N) is 3. The fraction of sp³-hybridized carbons (Fsp3) is 0.538. The van der Waals surface area contributed by atoms with Crippen LogP contribution in [0.1, 0.15) is 12.8 Å². The molecule has 0 unspecified atom stereocenters. The first-order valence-electron chi connectivity index (χ1n) is 6.40. The van der Waals surface area contributed by atoms with Gasteiger partial charge in [0.1, 0.15) is 0 Å². The molecule has 1 N–H and O–H groups in total. The molecule has 0 saturated carbocycles. The highest BCUT2D eigenvalue weighted by Crippen LogP contribution is 2.32. The molecule has 96 valence electrons. The highest BCUT2D eigenvalue weighted by molar-refractivity contribution is 5.66. The summed E-state index contributed by atoms with van der Waals surface area (Å²) in [5.41, 5.74) is 1.09. The van der Waals surface area contributed by atoms with Crippen LogP contribution in [0.15, 0.2) is 24.5 Å². The Morgan fingerprint density at radius 3 is 3.06 bits per heavy atom. The lowest BCUT2D eigenvalue weighted by molar-refractivity contribution is 0.0965. The number of hydrogen-bond acceptors (Lipinski definition) is 3. The normalized spacial score (nSPS) is 27.1. The van der Waals surface area contributed by atoms with Crippen molar-refractivity contribution in [2.24, 2.45) is 5.92 Å². The van der Waals surface area contributed by atoms with Crippen molar-refractivity contribution in [1.82, 2.24) is 9.88 Å². The van der Waals surface area contributed by atoms with E-state index in [0.717, 1.165) is 31.6 Å². The topological polar surface area (TPSA) is 56.7 Å². The van der Waals surface area contributed by atoms with Crippen LogP contribution in [0.2, 0.25) is 0 Å². The molecule has 1 aromatic heterocycles. The van der Waals surface area contributed by atoms with E-state index < -0.39 is 6.09 Å². The van der Waals surface area contributed by atoms with Crippen LogP contribution in [0.3, 0.4) is 0 Å². The minimum absolute atomic E-state index is 0.149. The number of amides is 1. The van der Waals surface area contributed by atoms with E-state index in [1.807, 2.05) is 18.3 Å². The van der Waals surface area contributed by atoms with Crippen molar-refractivity contribution in [3.8, 4) is 0 Å². The molecule has 3 rings (SSSR count). The zero-order valence-corrected chi connectivity index (χ0v) is 10.2. The smallest absolute Gasteiger partial charge is 0.407 e. The monoisotopic (exact) mass is 247 g/mol. The van der Waals surface area contributed by atoms with Crippen molar-refractivity contribution in [2.45, 2.75) is 18.9 Å². The lowest BCUT2D eigenvalue weighted by atomic mass is 9.92. The Bertz CT molecular complexity index is 437. The van der Waals surface area contributed by atoms with Crippen molar-refractivity contribution < 1.29 is 9.90 Å². The van der Waals surface area contributed by atoms with Gasteiger partial charge >= 0.3 is 6.09 Å². The second-order valence-electron chi connectivity index (χ2n) is 5.06. The third kappa shape index (κ3) is 1.89. The summed E-state index contributed by atoms with van der Waals surface area (Å²) in [6.07, 6.45) is 4.94. The van der Waals surface area contributed by atoms with Gasteiger partial charge in [-0.25, -0.2) is 4.79 Å². The Labute approximate surface area is 106 Å². The van der Waals surface area contributed by atoms with E-state index in [2.05, 4.69) is 9.88 Å². The molecule has 3 heterocycles. The number of hydrogen-bond donors (Lipinski definition) is 1. The van der Waals surface area contributed by atoms with E-state index in [4.69, 9.17) is 0 Å². The number of piperidine rings is 1. The van der Waals surface area contributed by atoms with Gasteiger partial charge in [-0.3, -0.25) is 4.98 Å². The first-order valence-corrected chi connectivity index (χ1v) is 6.40. The molecule has 5 nitrogen and oxygen atoms in total. The minimum Gasteiger partial charge on any atom is -0.465 e. The molecule has 2 atom stereocenters. The van der Waals surface area contributed by atoms with E-state index >= 15 is 0 Å². The molecule has 1 aromatic rings. The van der Waals surface area contributed by atoms with Crippen LogP contribution in [0, 0.1) is 5.92 Å². The summed E-state index contributed by atoms with van der Waals surface area (Å²) in [7, 11) is 0. The summed E-state index contributed by atoms with van der Waals surface area (Å²) in [4.78, 5) is 19.2. The van der Waals surface area contributed by atoms with Gasteiger partial charge in [-0.2, -0.15) is 0 Å². The van der Waals surface area contributed by atoms with Crippen molar-refractivity contribution in [3.63, 3.8) is 0 Å². The molecule has 0 aromatic carbocycles. The van der Waals surface area contributed by atoms with E-state index in [0.29, 0.717) is 12.5 Å². The van der Waals surface area contributed by atoms with Crippen molar-refractivity contribution in [3.05, 3.63) is 24.5 Å². The molecule has 2 saturated heterocycles. The number of rotatable bonds is 1. The molecule has 5 heteroatoms. The van der Waals surface area contributed by atoms with Gasteiger partial charge in [0.25, 0.3) is 0 Å². The Balaban J connectivity index is 1.78. The van der Waals surface area contributed by atoms with E-state index in [1.54, 1.807) is 11.1 Å². The summed E-state index contributed by atoms with van der Waals surface area (Å²) in [5.74, 6) is 0.468. The molecule has 0 aliphatic carbocycles. The van der Waals surface area contributed by atoms with Crippen LogP contribution in [0.5, 0.6) is 0 Å². The van der Waals surface area contributed by atoms with Crippen LogP contribution >= 0.6 is 0 Å². The predicted molar refractivity (Wildman–Crippen MR) is 67.7 cm³/mol. The molecule has 1 amide bonds. The molecule has 2 aliphatic rings. The number of carboxylic acid groups (broad SMARTS) is 1. The molecule has 0 radical (unpaired) electrons. The lowest BCUT2D eigenvalue weighted by Crippen LogP contribution is -2.47. The molecular weight excluding hydrogens is 230 g/mol. The molecule has 0 spiro atoms. The second-order valence-corrected chi connectivity index (χ2v) is 5.06. The van der Waals surface area contributed by atoms with Gasteiger partial charge in [-0.05, 0) is 30.9 Å². The van der Waals surface area contributed by atoms with Gasteiger partial charge in [-0.15, -0.1) is 0 Å². The van der Waals surface area contributed by atoms with Gasteiger partial charge in [0.2, 0.25) is 0 Å². The highest BCUT2D eigenvalue weighted by atomic mass is 16.4. The fourth-order valence-electron chi connectivity index (χ4n) is 3.17. The Kier molecular flexibility index (Phi) is 2.81. The number of likely N-dealkylation sites (tertiary alicyclic amines) is 1. The summed E-state index contributed by atoms with van der Waals surface area (Å²) >= 11 is 0. The standard InChI is InChI=1S/C13H17N3O2/c17-13(18)16-6-2-3-10-8-15(9-12(10)16)11-4-1-5-14-7-11/h1,4-5,7,10,12H,2-3,6,8-9H2,(H,17,18)/t10-,12+/m0/s1. The molecule has 18 heavy (non-hydrogen) atoms. The number of pyridine rings is 1. The van der Waals surface area contributed by atoms with Gasteiger partial charge in [0, 0.05) is 25.8 Å². The summed E-state index contributed by atoms with van der Waals surface area (Å²) in [6, 6.07) is 4.11. The number of fused-ring (bicyclic) bond motifs is 1. The number of anilines is 1. The van der Waals surface area contributed by atoms with E-state index in [9.17, 15) is 9.90 Å². The molecule has 2 fully saturated rings. The lowest BCUT2D eigenvalue weighted by Gasteiger charge is -2.34. The Morgan fingerprint density at radius 1 is 1.44 bits per heavy atom. The Morgan fingerprint density at radius 2 is 2.33 bits per heavy atom. The van der Waals surface area contributed by atoms with Crippen LogP contribution in [-0.4, -0.2) is 46.8 Å². The zero-order chi connectivity index (χ0) is 12.5. The molecule has 0 bridgehead atoms. The van der Waals surface area contributed by atoms with Crippen LogP contribution in [0.4, 0.5) is 10.5 Å². The SMILES string of the molecule is O=C(O)N1CCC[C@H]2CN(c3cccnc3)C[C@H]21. The maximum atomic E-state index is 11.2. The Hall–Kier alpha value is -1.78. The highest BCUT2D eigenvalue weighted by Gasteiger charge is 2.41. The van der Waals surface area contributed by atoms with Gasteiger partial charge in [0.15, 0.2) is 0 Å². The number of aromatic nitrogens is 1. The van der Waals surface area contributed by atoms with Crippen LogP contribution < -0.4 is 4.90 Å². The predicted octanol–water partition coefficient (Wildman–Crippen LogP) is 1.66. The third-order valence-electron chi connectivity index (χ3n) is 4.04. The molecular formula is C13H17N3O2. The maximum Gasteiger partial charge on any atom is 0.407 e. The van der Waals surface area contributed by atoms with Crippen molar-refractivity contribution in [1.29, 1.82) is 0 Å². The first kappa shape index (κ1) is 11.3.